The van der Waals surface area contributed by atoms with Crippen LogP contribution in [0.5, 0.6) is 0 Å². The minimum Gasteiger partial charge on any atom is -0.350 e. The lowest BCUT2D eigenvalue weighted by Gasteiger charge is -2.12. The first-order valence-corrected chi connectivity index (χ1v) is 9.55. The summed E-state index contributed by atoms with van der Waals surface area (Å²) in [6.07, 6.45) is 7.98. The summed E-state index contributed by atoms with van der Waals surface area (Å²) in [5.74, 6) is 0.166. The Morgan fingerprint density at radius 3 is 2.64 bits per heavy atom. The van der Waals surface area contributed by atoms with Gasteiger partial charge in [0, 0.05) is 24.8 Å². The van der Waals surface area contributed by atoms with Crippen LogP contribution in [0.4, 0.5) is 17.2 Å². The fourth-order valence-electron chi connectivity index (χ4n) is 3.10. The standard InChI is InChI=1S/C21H25N5O2/c1-15(27)23-17-8-5-9-18(14-17)24-20-11-10-19(25-26-20)21(28)22-13-12-16-6-3-2-4-7-16/h5-6,8-11,14H,2-4,7,12-13H2,1H3,(H,22,28)(H,23,27)(H,24,26). The number of carbonyl (C=O) groups is 2. The molecule has 1 aromatic carbocycles. The van der Waals surface area contributed by atoms with E-state index in [0.717, 1.165) is 24.9 Å². The highest BCUT2D eigenvalue weighted by molar-refractivity contribution is 5.92. The van der Waals surface area contributed by atoms with Gasteiger partial charge in [-0.2, -0.15) is 0 Å². The molecule has 2 aromatic rings. The number of nitrogens with one attached hydrogen (secondary N) is 3. The molecule has 1 aliphatic rings. The van der Waals surface area contributed by atoms with Crippen LogP contribution in [-0.2, 0) is 4.79 Å². The maximum Gasteiger partial charge on any atom is 0.271 e. The summed E-state index contributed by atoms with van der Waals surface area (Å²) in [6.45, 7) is 2.07. The van der Waals surface area contributed by atoms with Crippen molar-refractivity contribution in [2.45, 2.75) is 39.0 Å². The average Bonchev–Trinajstić information content (AvgIpc) is 2.69. The number of rotatable bonds is 7. The van der Waals surface area contributed by atoms with E-state index in [4.69, 9.17) is 0 Å². The summed E-state index contributed by atoms with van der Waals surface area (Å²) in [5, 5.41) is 16.8. The molecule has 2 amide bonds. The number of hydrogen-bond acceptors (Lipinski definition) is 5. The molecule has 0 saturated carbocycles. The van der Waals surface area contributed by atoms with Gasteiger partial charge in [0.1, 0.15) is 0 Å². The molecule has 0 saturated heterocycles. The van der Waals surface area contributed by atoms with Crippen molar-refractivity contribution in [3.05, 3.63) is 53.7 Å². The van der Waals surface area contributed by atoms with E-state index >= 15 is 0 Å². The zero-order chi connectivity index (χ0) is 19.8. The third kappa shape index (κ3) is 5.90. The number of nitrogens with zero attached hydrogens (tertiary/aromatic N) is 2. The van der Waals surface area contributed by atoms with Crippen LogP contribution in [-0.4, -0.2) is 28.6 Å². The fourth-order valence-corrected chi connectivity index (χ4v) is 3.10. The van der Waals surface area contributed by atoms with Crippen molar-refractivity contribution in [2.24, 2.45) is 0 Å². The normalized spacial score (nSPS) is 13.4. The van der Waals surface area contributed by atoms with E-state index in [1.54, 1.807) is 24.3 Å². The molecule has 7 nitrogen and oxygen atoms in total. The van der Waals surface area contributed by atoms with E-state index in [1.807, 2.05) is 12.1 Å². The van der Waals surface area contributed by atoms with Crippen LogP contribution in [0.2, 0.25) is 0 Å². The smallest absolute Gasteiger partial charge is 0.271 e. The van der Waals surface area contributed by atoms with E-state index in [0.29, 0.717) is 18.1 Å². The second-order valence-electron chi connectivity index (χ2n) is 6.80. The van der Waals surface area contributed by atoms with Crippen LogP contribution in [0.25, 0.3) is 0 Å². The van der Waals surface area contributed by atoms with Crippen molar-refractivity contribution in [1.82, 2.24) is 15.5 Å². The van der Waals surface area contributed by atoms with E-state index in [9.17, 15) is 9.59 Å². The van der Waals surface area contributed by atoms with Gasteiger partial charge in [0.2, 0.25) is 5.91 Å². The van der Waals surface area contributed by atoms with Crippen LogP contribution in [0.3, 0.4) is 0 Å². The maximum atomic E-state index is 12.2. The summed E-state index contributed by atoms with van der Waals surface area (Å²) in [5.41, 5.74) is 3.17. The lowest BCUT2D eigenvalue weighted by Crippen LogP contribution is -2.26. The number of amides is 2. The van der Waals surface area contributed by atoms with E-state index in [1.165, 1.54) is 25.3 Å². The van der Waals surface area contributed by atoms with E-state index in [2.05, 4.69) is 32.2 Å². The lowest BCUT2D eigenvalue weighted by atomic mass is 9.97. The van der Waals surface area contributed by atoms with Gasteiger partial charge in [-0.15, -0.1) is 10.2 Å². The summed E-state index contributed by atoms with van der Waals surface area (Å²) in [4.78, 5) is 23.4. The lowest BCUT2D eigenvalue weighted by molar-refractivity contribution is -0.114. The Morgan fingerprint density at radius 1 is 1.07 bits per heavy atom. The molecule has 3 rings (SSSR count). The van der Waals surface area contributed by atoms with Crippen LogP contribution < -0.4 is 16.0 Å². The predicted octanol–water partition coefficient (Wildman–Crippen LogP) is 3.80. The quantitative estimate of drug-likeness (QED) is 0.636. The number of anilines is 3. The highest BCUT2D eigenvalue weighted by Gasteiger charge is 2.09. The highest BCUT2D eigenvalue weighted by Crippen LogP contribution is 2.20. The predicted molar refractivity (Wildman–Crippen MR) is 110 cm³/mol. The molecule has 0 atom stereocenters. The molecule has 146 valence electrons. The largest absolute Gasteiger partial charge is 0.350 e. The Labute approximate surface area is 164 Å². The summed E-state index contributed by atoms with van der Waals surface area (Å²) in [7, 11) is 0. The Bertz CT molecular complexity index is 861. The first-order valence-electron chi connectivity index (χ1n) is 9.55. The monoisotopic (exact) mass is 379 g/mol. The number of hydrogen-bond donors (Lipinski definition) is 3. The first-order chi connectivity index (χ1) is 13.6. The van der Waals surface area contributed by atoms with Gasteiger partial charge < -0.3 is 16.0 Å². The Hall–Kier alpha value is -3.22. The SMILES string of the molecule is CC(=O)Nc1cccc(Nc2ccc(C(=O)NCCC3=CCCCC3)nn2)c1. The summed E-state index contributed by atoms with van der Waals surface area (Å²) < 4.78 is 0. The Kier molecular flexibility index (Phi) is 6.73. The minimum absolute atomic E-state index is 0.132. The molecule has 1 heterocycles. The topological polar surface area (TPSA) is 96.0 Å². The molecule has 0 bridgehead atoms. The third-order valence-electron chi connectivity index (χ3n) is 4.47. The van der Waals surface area contributed by atoms with Gasteiger partial charge in [-0.1, -0.05) is 17.7 Å². The first kappa shape index (κ1) is 19.5. The van der Waals surface area contributed by atoms with Gasteiger partial charge in [-0.25, -0.2) is 0 Å². The van der Waals surface area contributed by atoms with Crippen molar-refractivity contribution in [2.75, 3.05) is 17.2 Å². The second-order valence-corrected chi connectivity index (χ2v) is 6.80. The van der Waals surface area contributed by atoms with Crippen molar-refractivity contribution in [1.29, 1.82) is 0 Å². The van der Waals surface area contributed by atoms with Gasteiger partial charge in [-0.05, 0) is 62.4 Å². The van der Waals surface area contributed by atoms with Gasteiger partial charge in [0.05, 0.1) is 0 Å². The molecule has 3 N–H and O–H groups in total. The number of carbonyl (C=O) groups excluding carboxylic acids is 2. The van der Waals surface area contributed by atoms with Crippen LogP contribution in [0.1, 0.15) is 49.5 Å². The molecular weight excluding hydrogens is 354 g/mol. The van der Waals surface area contributed by atoms with Crippen molar-refractivity contribution >= 4 is 29.0 Å². The molecule has 0 radical (unpaired) electrons. The summed E-state index contributed by atoms with van der Waals surface area (Å²) >= 11 is 0. The van der Waals surface area contributed by atoms with Crippen molar-refractivity contribution in [3.8, 4) is 0 Å². The molecule has 1 aliphatic carbocycles. The van der Waals surface area contributed by atoms with Crippen LogP contribution in [0.15, 0.2) is 48.0 Å². The molecule has 0 aliphatic heterocycles. The molecule has 0 unspecified atom stereocenters. The average molecular weight is 379 g/mol. The van der Waals surface area contributed by atoms with E-state index < -0.39 is 0 Å². The molecule has 0 fully saturated rings. The fraction of sp³-hybridized carbons (Fsp3) is 0.333. The number of benzene rings is 1. The number of allylic oxidation sites excluding steroid dienone is 1. The van der Waals surface area contributed by atoms with Gasteiger partial charge in [-0.3, -0.25) is 9.59 Å². The van der Waals surface area contributed by atoms with Crippen molar-refractivity contribution < 1.29 is 9.59 Å². The Morgan fingerprint density at radius 2 is 1.93 bits per heavy atom. The van der Waals surface area contributed by atoms with Gasteiger partial charge >= 0.3 is 0 Å². The Balaban J connectivity index is 1.52. The summed E-state index contributed by atoms with van der Waals surface area (Å²) in [6, 6.07) is 10.6. The minimum atomic E-state index is -0.219. The van der Waals surface area contributed by atoms with Gasteiger partial charge in [0.25, 0.3) is 5.91 Å². The molecular formula is C21H25N5O2. The van der Waals surface area contributed by atoms with Crippen LogP contribution >= 0.6 is 0 Å². The van der Waals surface area contributed by atoms with E-state index in [-0.39, 0.29) is 17.5 Å². The molecule has 0 spiro atoms. The molecule has 28 heavy (non-hydrogen) atoms. The van der Waals surface area contributed by atoms with Crippen molar-refractivity contribution in [3.63, 3.8) is 0 Å². The third-order valence-corrected chi connectivity index (χ3v) is 4.47. The number of aromatic nitrogens is 2. The molecule has 7 heteroatoms. The zero-order valence-electron chi connectivity index (χ0n) is 16.0. The molecule has 1 aromatic heterocycles. The highest BCUT2D eigenvalue weighted by atomic mass is 16.2. The maximum absolute atomic E-state index is 12.2. The second kappa shape index (κ2) is 9.64. The zero-order valence-corrected chi connectivity index (χ0v) is 16.0. The van der Waals surface area contributed by atoms with Gasteiger partial charge in [0.15, 0.2) is 11.5 Å². The van der Waals surface area contributed by atoms with Crippen LogP contribution in [0, 0.1) is 0 Å².